The van der Waals surface area contributed by atoms with Gasteiger partial charge in [-0.3, -0.25) is 4.79 Å². The Kier molecular flexibility index (Phi) is 6.82. The van der Waals surface area contributed by atoms with Gasteiger partial charge in [0.2, 0.25) is 5.91 Å². The van der Waals surface area contributed by atoms with Crippen LogP contribution in [0.1, 0.15) is 33.5 Å². The van der Waals surface area contributed by atoms with Gasteiger partial charge < -0.3 is 19.5 Å². The van der Waals surface area contributed by atoms with Crippen LogP contribution in [0.3, 0.4) is 0 Å². The first-order valence-electron chi connectivity index (χ1n) is 8.64. The van der Waals surface area contributed by atoms with E-state index in [0.717, 1.165) is 11.1 Å². The lowest BCUT2D eigenvalue weighted by molar-refractivity contribution is -0.130. The number of hydrogen-bond donors (Lipinski definition) is 1. The van der Waals surface area contributed by atoms with Gasteiger partial charge in [-0.05, 0) is 48.2 Å². The van der Waals surface area contributed by atoms with Crippen LogP contribution in [-0.2, 0) is 17.8 Å². The molecule has 0 aliphatic rings. The normalized spacial score (nSPS) is 10.4. The van der Waals surface area contributed by atoms with E-state index >= 15 is 0 Å². The maximum Gasteiger partial charge on any atom is 0.335 e. The summed E-state index contributed by atoms with van der Waals surface area (Å²) in [7, 11) is 4.90. The topological polar surface area (TPSA) is 76.1 Å². The Hall–Kier alpha value is -3.02. The summed E-state index contributed by atoms with van der Waals surface area (Å²) in [5.41, 5.74) is 2.87. The van der Waals surface area contributed by atoms with Crippen molar-refractivity contribution in [1.29, 1.82) is 0 Å². The second-order valence-electron chi connectivity index (χ2n) is 6.35. The summed E-state index contributed by atoms with van der Waals surface area (Å²) in [6, 6.07) is 10.5. The number of aromatic carboxylic acids is 1. The third-order valence-electron chi connectivity index (χ3n) is 4.53. The highest BCUT2D eigenvalue weighted by Crippen LogP contribution is 2.30. The van der Waals surface area contributed by atoms with Crippen LogP contribution in [0, 0.1) is 6.92 Å². The third-order valence-corrected chi connectivity index (χ3v) is 4.53. The molecule has 0 aliphatic carbocycles. The molecule has 0 bridgehead atoms. The summed E-state index contributed by atoms with van der Waals surface area (Å²) >= 11 is 0. The predicted molar refractivity (Wildman–Crippen MR) is 102 cm³/mol. The molecule has 144 valence electrons. The monoisotopic (exact) mass is 371 g/mol. The van der Waals surface area contributed by atoms with Crippen LogP contribution in [0.25, 0.3) is 0 Å². The lowest BCUT2D eigenvalue weighted by Gasteiger charge is -2.20. The second kappa shape index (κ2) is 9.07. The van der Waals surface area contributed by atoms with Crippen LogP contribution in [0.15, 0.2) is 36.4 Å². The van der Waals surface area contributed by atoms with E-state index in [2.05, 4.69) is 0 Å². The molecule has 0 heterocycles. The number of methoxy groups -OCH3 is 2. The van der Waals surface area contributed by atoms with Gasteiger partial charge in [0, 0.05) is 20.0 Å². The first kappa shape index (κ1) is 20.3. The Bertz CT molecular complexity index is 831. The molecule has 27 heavy (non-hydrogen) atoms. The van der Waals surface area contributed by atoms with Crippen LogP contribution in [0.4, 0.5) is 0 Å². The van der Waals surface area contributed by atoms with Crippen molar-refractivity contribution in [2.75, 3.05) is 21.3 Å². The second-order valence-corrected chi connectivity index (χ2v) is 6.35. The van der Waals surface area contributed by atoms with E-state index < -0.39 is 5.97 Å². The number of aryl methyl sites for hydroxylation is 2. The molecule has 0 saturated carbocycles. The van der Waals surface area contributed by atoms with Crippen LogP contribution < -0.4 is 9.47 Å². The molecule has 2 rings (SSSR count). The molecule has 0 aliphatic heterocycles. The average molecular weight is 371 g/mol. The molecule has 0 aromatic heterocycles. The minimum absolute atomic E-state index is 0.0515. The molecule has 0 fully saturated rings. The number of ether oxygens (including phenoxy) is 2. The summed E-state index contributed by atoms with van der Waals surface area (Å²) in [4.78, 5) is 25.4. The molecule has 2 aromatic carbocycles. The number of benzene rings is 2. The molecule has 0 saturated heterocycles. The van der Waals surface area contributed by atoms with E-state index in [1.165, 1.54) is 0 Å². The van der Waals surface area contributed by atoms with Crippen LogP contribution in [-0.4, -0.2) is 43.2 Å². The average Bonchev–Trinajstić information content (AvgIpc) is 2.67. The van der Waals surface area contributed by atoms with Crippen molar-refractivity contribution in [3.8, 4) is 11.5 Å². The van der Waals surface area contributed by atoms with Crippen LogP contribution in [0.5, 0.6) is 11.5 Å². The molecule has 0 radical (unpaired) electrons. The Labute approximate surface area is 159 Å². The summed E-state index contributed by atoms with van der Waals surface area (Å²) in [5, 5.41) is 9.24. The third kappa shape index (κ3) is 5.00. The van der Waals surface area contributed by atoms with Crippen molar-refractivity contribution in [1.82, 2.24) is 4.90 Å². The largest absolute Gasteiger partial charge is 0.493 e. The summed E-state index contributed by atoms with van der Waals surface area (Å²) < 4.78 is 10.6. The van der Waals surface area contributed by atoms with Crippen molar-refractivity contribution in [3.05, 3.63) is 58.7 Å². The van der Waals surface area contributed by atoms with Crippen molar-refractivity contribution in [2.24, 2.45) is 0 Å². The molecule has 0 atom stereocenters. The first-order chi connectivity index (χ1) is 12.9. The SMILES string of the molecule is COc1cc(C)c(CN(C)C(=O)CCc2ccccc2C(=O)O)cc1OC. The van der Waals surface area contributed by atoms with E-state index in [9.17, 15) is 14.7 Å². The molecule has 1 amide bonds. The first-order valence-corrected chi connectivity index (χ1v) is 8.64. The zero-order valence-corrected chi connectivity index (χ0v) is 16.1. The zero-order chi connectivity index (χ0) is 20.0. The van der Waals surface area contributed by atoms with Gasteiger partial charge in [0.1, 0.15) is 0 Å². The van der Waals surface area contributed by atoms with Gasteiger partial charge in [-0.1, -0.05) is 18.2 Å². The fraction of sp³-hybridized carbons (Fsp3) is 0.333. The number of amides is 1. The number of carbonyl (C=O) groups excluding carboxylic acids is 1. The van der Waals surface area contributed by atoms with Crippen molar-refractivity contribution < 1.29 is 24.2 Å². The van der Waals surface area contributed by atoms with Gasteiger partial charge in [0.25, 0.3) is 0 Å². The molecular formula is C21H25NO5. The van der Waals surface area contributed by atoms with Gasteiger partial charge >= 0.3 is 5.97 Å². The Morgan fingerprint density at radius 3 is 2.30 bits per heavy atom. The maximum atomic E-state index is 12.5. The number of carboxylic acids is 1. The number of rotatable bonds is 8. The van der Waals surface area contributed by atoms with Gasteiger partial charge in [-0.25, -0.2) is 4.79 Å². The van der Waals surface area contributed by atoms with Crippen molar-refractivity contribution in [2.45, 2.75) is 26.3 Å². The summed E-state index contributed by atoms with van der Waals surface area (Å²) in [6.07, 6.45) is 0.629. The summed E-state index contributed by atoms with van der Waals surface area (Å²) in [5.74, 6) is 0.240. The van der Waals surface area contributed by atoms with Gasteiger partial charge in [-0.15, -0.1) is 0 Å². The zero-order valence-electron chi connectivity index (χ0n) is 16.1. The number of carboxylic acid groups (broad SMARTS) is 1. The van der Waals surface area contributed by atoms with Crippen LogP contribution in [0.2, 0.25) is 0 Å². The quantitative estimate of drug-likeness (QED) is 0.770. The molecule has 6 nitrogen and oxygen atoms in total. The van der Waals surface area contributed by atoms with Gasteiger partial charge in [0.15, 0.2) is 11.5 Å². The fourth-order valence-electron chi connectivity index (χ4n) is 2.92. The Balaban J connectivity index is 2.05. The predicted octanol–water partition coefficient (Wildman–Crippen LogP) is 3.30. The van der Waals surface area contributed by atoms with Crippen LogP contribution >= 0.6 is 0 Å². The smallest absolute Gasteiger partial charge is 0.335 e. The minimum atomic E-state index is -0.979. The fourth-order valence-corrected chi connectivity index (χ4v) is 2.92. The van der Waals surface area contributed by atoms with Crippen molar-refractivity contribution in [3.63, 3.8) is 0 Å². The van der Waals surface area contributed by atoms with E-state index in [4.69, 9.17) is 9.47 Å². The Morgan fingerprint density at radius 2 is 1.67 bits per heavy atom. The highest BCUT2D eigenvalue weighted by Gasteiger charge is 2.15. The highest BCUT2D eigenvalue weighted by molar-refractivity contribution is 5.89. The van der Waals surface area contributed by atoms with E-state index in [-0.39, 0.29) is 17.9 Å². The van der Waals surface area contributed by atoms with E-state index in [1.54, 1.807) is 50.4 Å². The van der Waals surface area contributed by atoms with Gasteiger partial charge in [0.05, 0.1) is 19.8 Å². The minimum Gasteiger partial charge on any atom is -0.493 e. The molecule has 1 N–H and O–H groups in total. The number of hydrogen-bond acceptors (Lipinski definition) is 4. The van der Waals surface area contributed by atoms with E-state index in [1.807, 2.05) is 19.1 Å². The summed E-state index contributed by atoms with van der Waals surface area (Å²) in [6.45, 7) is 2.39. The molecular weight excluding hydrogens is 346 g/mol. The molecule has 0 unspecified atom stereocenters. The molecule has 0 spiro atoms. The molecule has 2 aromatic rings. The van der Waals surface area contributed by atoms with E-state index in [0.29, 0.717) is 30.0 Å². The lowest BCUT2D eigenvalue weighted by atomic mass is 10.0. The lowest BCUT2D eigenvalue weighted by Crippen LogP contribution is -2.27. The Morgan fingerprint density at radius 1 is 1.04 bits per heavy atom. The number of nitrogens with zero attached hydrogens (tertiary/aromatic N) is 1. The standard InChI is InChI=1S/C21H25NO5/c1-14-11-18(26-3)19(27-4)12-16(14)13-22(2)20(23)10-9-15-7-5-6-8-17(15)21(24)25/h5-8,11-12H,9-10,13H2,1-4H3,(H,24,25). The van der Waals surface area contributed by atoms with Gasteiger partial charge in [-0.2, -0.15) is 0 Å². The maximum absolute atomic E-state index is 12.5. The molecule has 6 heteroatoms. The number of carbonyl (C=O) groups is 2. The highest BCUT2D eigenvalue weighted by atomic mass is 16.5. The van der Waals surface area contributed by atoms with Crippen molar-refractivity contribution >= 4 is 11.9 Å².